The molecule has 7 nitrogen and oxygen atoms in total. The summed E-state index contributed by atoms with van der Waals surface area (Å²) in [5.74, 6) is 0.452. The number of piperidine rings is 1. The normalized spacial score (nSPS) is 24.2. The van der Waals surface area contributed by atoms with Gasteiger partial charge in [0.15, 0.2) is 0 Å². The van der Waals surface area contributed by atoms with Crippen LogP contribution in [0.5, 0.6) is 5.75 Å². The Kier molecular flexibility index (Phi) is 6.63. The molecule has 3 saturated heterocycles. The van der Waals surface area contributed by atoms with Crippen LogP contribution in [0.25, 0.3) is 0 Å². The molecule has 0 saturated carbocycles. The number of carbonyl (C=O) groups is 2. The van der Waals surface area contributed by atoms with Crippen LogP contribution in [0.1, 0.15) is 64.4 Å². The summed E-state index contributed by atoms with van der Waals surface area (Å²) < 4.78 is 11.5. The Hall–Kier alpha value is -2.61. The molecule has 2 bridgehead atoms. The molecule has 8 heteroatoms. The van der Waals surface area contributed by atoms with Crippen molar-refractivity contribution in [2.45, 2.75) is 63.2 Å². The Labute approximate surface area is 223 Å². The van der Waals surface area contributed by atoms with Crippen molar-refractivity contribution in [3.63, 3.8) is 0 Å². The molecular formula is C29H34ClN3O4. The first kappa shape index (κ1) is 24.7. The van der Waals surface area contributed by atoms with E-state index in [9.17, 15) is 9.59 Å². The summed E-state index contributed by atoms with van der Waals surface area (Å²) in [6.45, 7) is 5.69. The largest absolute Gasteiger partial charge is 0.493 e. The predicted octanol–water partition coefficient (Wildman–Crippen LogP) is 4.06. The molecule has 0 aromatic heterocycles. The summed E-state index contributed by atoms with van der Waals surface area (Å²) in [7, 11) is 0. The number of carbonyl (C=O) groups excluding carboxylic acids is 2. The molecule has 2 unspecified atom stereocenters. The lowest BCUT2D eigenvalue weighted by atomic mass is 9.78. The summed E-state index contributed by atoms with van der Waals surface area (Å²) in [6, 6.07) is 11.7. The third kappa shape index (κ3) is 4.62. The minimum Gasteiger partial charge on any atom is -0.493 e. The molecular weight excluding hydrogens is 490 g/mol. The van der Waals surface area contributed by atoms with Crippen LogP contribution < -0.4 is 10.1 Å². The highest BCUT2D eigenvalue weighted by Gasteiger charge is 2.41. The number of hydrogen-bond acceptors (Lipinski definition) is 5. The van der Waals surface area contributed by atoms with Gasteiger partial charge in [0.05, 0.1) is 37.5 Å². The molecule has 3 fully saturated rings. The van der Waals surface area contributed by atoms with Gasteiger partial charge in [0.25, 0.3) is 11.8 Å². The highest BCUT2D eigenvalue weighted by molar-refractivity contribution is 6.30. The van der Waals surface area contributed by atoms with Crippen molar-refractivity contribution < 1.29 is 19.1 Å². The summed E-state index contributed by atoms with van der Waals surface area (Å²) in [6.07, 6.45) is 4.69. The Morgan fingerprint density at radius 2 is 1.81 bits per heavy atom. The quantitative estimate of drug-likeness (QED) is 0.654. The fourth-order valence-electron chi connectivity index (χ4n) is 6.52. The number of hydrogen-bond donors (Lipinski definition) is 1. The Balaban J connectivity index is 1.16. The average molecular weight is 524 g/mol. The van der Waals surface area contributed by atoms with Crippen molar-refractivity contribution in [1.29, 1.82) is 0 Å². The van der Waals surface area contributed by atoms with Crippen molar-refractivity contribution >= 4 is 23.4 Å². The smallest absolute Gasteiger partial charge is 0.257 e. The molecule has 6 rings (SSSR count). The first-order valence-electron chi connectivity index (χ1n) is 13.5. The topological polar surface area (TPSA) is 71.1 Å². The lowest BCUT2D eigenvalue weighted by molar-refractivity contribution is -0.00718. The van der Waals surface area contributed by atoms with Crippen molar-refractivity contribution in [2.24, 2.45) is 0 Å². The molecule has 4 heterocycles. The van der Waals surface area contributed by atoms with Gasteiger partial charge in [0.2, 0.25) is 0 Å². The summed E-state index contributed by atoms with van der Waals surface area (Å²) >= 11 is 6.18. The van der Waals surface area contributed by atoms with Crippen molar-refractivity contribution in [1.82, 2.24) is 15.1 Å². The number of halogens is 1. The Bertz CT molecular complexity index is 1190. The van der Waals surface area contributed by atoms with Crippen LogP contribution in [0.3, 0.4) is 0 Å². The zero-order chi connectivity index (χ0) is 25.6. The zero-order valence-corrected chi connectivity index (χ0v) is 22.1. The van der Waals surface area contributed by atoms with E-state index in [2.05, 4.69) is 11.4 Å². The number of ether oxygens (including phenoxy) is 2. The second-order valence-electron chi connectivity index (χ2n) is 10.8. The second kappa shape index (κ2) is 9.93. The van der Waals surface area contributed by atoms with Gasteiger partial charge in [-0.1, -0.05) is 17.7 Å². The summed E-state index contributed by atoms with van der Waals surface area (Å²) in [4.78, 5) is 30.9. The highest BCUT2D eigenvalue weighted by atomic mass is 35.5. The van der Waals surface area contributed by atoms with Gasteiger partial charge in [-0.05, 0) is 80.5 Å². The van der Waals surface area contributed by atoms with Crippen LogP contribution in [0.2, 0.25) is 5.02 Å². The molecule has 196 valence electrons. The standard InChI is InChI=1S/C29H34ClN3O4/c1-2-37-26-14-19(27(34)33-23-6-7-24(33)18-36-17-23)4-8-25(26)28(35)32-11-9-29(10-12-32)15-20-3-5-22(30)13-21(20)16-31-29/h3-5,8,13-14,23-24,31H,2,6-7,9-12,15-18H2,1H3. The van der Waals surface area contributed by atoms with E-state index in [1.807, 2.05) is 28.9 Å². The second-order valence-corrected chi connectivity index (χ2v) is 11.2. The summed E-state index contributed by atoms with van der Waals surface area (Å²) in [5, 5.41) is 4.51. The number of rotatable bonds is 4. The maximum Gasteiger partial charge on any atom is 0.257 e. The van der Waals surface area contributed by atoms with E-state index in [4.69, 9.17) is 21.1 Å². The molecule has 4 aliphatic rings. The van der Waals surface area contributed by atoms with E-state index in [1.54, 1.807) is 18.2 Å². The van der Waals surface area contributed by atoms with Gasteiger partial charge >= 0.3 is 0 Å². The van der Waals surface area contributed by atoms with E-state index >= 15 is 0 Å². The van der Waals surface area contributed by atoms with Crippen molar-refractivity contribution in [3.05, 3.63) is 63.7 Å². The van der Waals surface area contributed by atoms with Gasteiger partial charge in [-0.15, -0.1) is 0 Å². The van der Waals surface area contributed by atoms with Crippen molar-refractivity contribution in [2.75, 3.05) is 32.9 Å². The predicted molar refractivity (Wildman–Crippen MR) is 141 cm³/mol. The monoisotopic (exact) mass is 523 g/mol. The van der Waals surface area contributed by atoms with Gasteiger partial charge < -0.3 is 24.6 Å². The molecule has 2 aromatic rings. The number of amides is 2. The molecule has 0 radical (unpaired) electrons. The van der Waals surface area contributed by atoms with Crippen LogP contribution in [0.15, 0.2) is 36.4 Å². The molecule has 0 aliphatic carbocycles. The third-order valence-electron chi connectivity index (χ3n) is 8.59. The molecule has 2 aromatic carbocycles. The third-order valence-corrected chi connectivity index (χ3v) is 8.83. The number of likely N-dealkylation sites (tertiary alicyclic amines) is 1. The molecule has 37 heavy (non-hydrogen) atoms. The Morgan fingerprint density at radius 1 is 1.05 bits per heavy atom. The first-order chi connectivity index (χ1) is 18.0. The van der Waals surface area contributed by atoms with Crippen LogP contribution in [0.4, 0.5) is 0 Å². The van der Waals surface area contributed by atoms with E-state index in [0.717, 1.165) is 43.7 Å². The zero-order valence-electron chi connectivity index (χ0n) is 21.3. The fourth-order valence-corrected chi connectivity index (χ4v) is 6.71. The fraction of sp³-hybridized carbons (Fsp3) is 0.517. The van der Waals surface area contributed by atoms with E-state index in [-0.39, 0.29) is 29.4 Å². The SMILES string of the molecule is CCOc1cc(C(=O)N2C3CCC2COC3)ccc1C(=O)N1CCC2(CC1)Cc1ccc(Cl)cc1CN2. The number of nitrogens with zero attached hydrogens (tertiary/aromatic N) is 2. The van der Waals surface area contributed by atoms with E-state index in [0.29, 0.717) is 49.8 Å². The van der Waals surface area contributed by atoms with Gasteiger partial charge in [0, 0.05) is 35.8 Å². The molecule has 2 amide bonds. The molecule has 1 N–H and O–H groups in total. The Morgan fingerprint density at radius 3 is 2.54 bits per heavy atom. The number of benzene rings is 2. The molecule has 4 aliphatic heterocycles. The highest BCUT2D eigenvalue weighted by Crippen LogP contribution is 2.35. The number of morpholine rings is 1. The van der Waals surface area contributed by atoms with Gasteiger partial charge in [-0.25, -0.2) is 0 Å². The maximum absolute atomic E-state index is 13.6. The van der Waals surface area contributed by atoms with Gasteiger partial charge in [-0.3, -0.25) is 9.59 Å². The minimum absolute atomic E-state index is 0.000563. The summed E-state index contributed by atoms with van der Waals surface area (Å²) in [5.41, 5.74) is 3.71. The van der Waals surface area contributed by atoms with Gasteiger partial charge in [-0.2, -0.15) is 0 Å². The lowest BCUT2D eigenvalue weighted by Gasteiger charge is -2.45. The minimum atomic E-state index is -0.0354. The van der Waals surface area contributed by atoms with Crippen LogP contribution in [0, 0.1) is 0 Å². The van der Waals surface area contributed by atoms with E-state index < -0.39 is 0 Å². The van der Waals surface area contributed by atoms with Crippen molar-refractivity contribution in [3.8, 4) is 5.75 Å². The van der Waals surface area contributed by atoms with Gasteiger partial charge in [0.1, 0.15) is 5.75 Å². The molecule has 2 atom stereocenters. The average Bonchev–Trinajstić information content (AvgIpc) is 3.16. The number of nitrogens with one attached hydrogen (secondary N) is 1. The van der Waals surface area contributed by atoms with Crippen LogP contribution in [-0.4, -0.2) is 72.1 Å². The first-order valence-corrected chi connectivity index (χ1v) is 13.8. The maximum atomic E-state index is 13.6. The lowest BCUT2D eigenvalue weighted by Crippen LogP contribution is -2.57. The molecule has 1 spiro atoms. The van der Waals surface area contributed by atoms with E-state index in [1.165, 1.54) is 11.1 Å². The van der Waals surface area contributed by atoms with Crippen LogP contribution >= 0.6 is 11.6 Å². The number of fused-ring (bicyclic) bond motifs is 3. The van der Waals surface area contributed by atoms with Crippen LogP contribution in [-0.2, 0) is 17.7 Å².